The second-order valence-corrected chi connectivity index (χ2v) is 5.76. The molecule has 2 N–H and O–H groups in total. The Morgan fingerprint density at radius 3 is 2.79 bits per heavy atom. The molecule has 0 bridgehead atoms. The van der Waals surface area contributed by atoms with Crippen molar-refractivity contribution in [2.24, 2.45) is 0 Å². The van der Waals surface area contributed by atoms with Crippen molar-refractivity contribution in [2.45, 2.75) is 36.1 Å². The zero-order valence-corrected chi connectivity index (χ0v) is 11.3. The van der Waals surface area contributed by atoms with Gasteiger partial charge in [-0.2, -0.15) is 13.2 Å². The summed E-state index contributed by atoms with van der Waals surface area (Å²) in [6.07, 6.45) is -5.51. The monoisotopic (exact) mass is 291 g/mol. The summed E-state index contributed by atoms with van der Waals surface area (Å²) in [7, 11) is 1.43. The van der Waals surface area contributed by atoms with Crippen molar-refractivity contribution in [1.29, 1.82) is 0 Å². The maximum absolute atomic E-state index is 12.4. The molecule has 0 aliphatic carbocycles. The zero-order valence-electron chi connectivity index (χ0n) is 10.5. The molecule has 2 rings (SSSR count). The largest absolute Gasteiger partial charge is 0.390 e. The van der Waals surface area contributed by atoms with Crippen LogP contribution in [0, 0.1) is 0 Å². The Kier molecular flexibility index (Phi) is 4.43. The summed E-state index contributed by atoms with van der Waals surface area (Å²) in [6.45, 7) is 0. The standard InChI is InChI=1S/C13H16F3NOS/c1-17-10(7-13(14,15)16)12(18)9-3-2-8-4-5-19-11(8)6-9/h2-3,6,10,12,17-18H,4-5,7H2,1H3. The molecule has 2 atom stereocenters. The summed E-state index contributed by atoms with van der Waals surface area (Å²) in [5, 5.41) is 12.7. The van der Waals surface area contributed by atoms with Gasteiger partial charge in [0.15, 0.2) is 0 Å². The molecule has 0 amide bonds. The van der Waals surface area contributed by atoms with Crippen LogP contribution >= 0.6 is 11.8 Å². The van der Waals surface area contributed by atoms with Crippen LogP contribution in [0.5, 0.6) is 0 Å². The molecule has 1 aromatic rings. The first-order valence-corrected chi connectivity index (χ1v) is 7.07. The number of aliphatic hydroxyl groups is 1. The molecule has 1 aliphatic rings. The van der Waals surface area contributed by atoms with E-state index in [0.717, 1.165) is 17.1 Å². The minimum Gasteiger partial charge on any atom is -0.387 e. The van der Waals surface area contributed by atoms with Gasteiger partial charge in [-0.05, 0) is 30.7 Å². The van der Waals surface area contributed by atoms with E-state index in [9.17, 15) is 18.3 Å². The summed E-state index contributed by atoms with van der Waals surface area (Å²) in [5.74, 6) is 0.993. The molecule has 0 radical (unpaired) electrons. The lowest BCUT2D eigenvalue weighted by Crippen LogP contribution is -2.36. The van der Waals surface area contributed by atoms with E-state index in [1.54, 1.807) is 23.9 Å². The molecule has 1 aromatic carbocycles. The van der Waals surface area contributed by atoms with Gasteiger partial charge in [-0.15, -0.1) is 11.8 Å². The molecular formula is C13H16F3NOS. The molecule has 106 valence electrons. The lowest BCUT2D eigenvalue weighted by Gasteiger charge is -2.24. The third kappa shape index (κ3) is 3.64. The van der Waals surface area contributed by atoms with Gasteiger partial charge in [0.2, 0.25) is 0 Å². The molecule has 0 fully saturated rings. The molecule has 0 aromatic heterocycles. The van der Waals surface area contributed by atoms with E-state index in [1.165, 1.54) is 12.6 Å². The first-order chi connectivity index (χ1) is 8.90. The molecule has 1 aliphatic heterocycles. The van der Waals surface area contributed by atoms with Crippen LogP contribution in [0.3, 0.4) is 0 Å². The number of aliphatic hydroxyl groups excluding tert-OH is 1. The highest BCUT2D eigenvalue weighted by atomic mass is 32.2. The Morgan fingerprint density at radius 2 is 2.16 bits per heavy atom. The Morgan fingerprint density at radius 1 is 1.42 bits per heavy atom. The smallest absolute Gasteiger partial charge is 0.387 e. The van der Waals surface area contributed by atoms with Gasteiger partial charge in [-0.25, -0.2) is 0 Å². The summed E-state index contributed by atoms with van der Waals surface area (Å²) in [5.41, 5.74) is 1.74. The van der Waals surface area contributed by atoms with Crippen molar-refractivity contribution in [1.82, 2.24) is 5.32 Å². The van der Waals surface area contributed by atoms with Crippen molar-refractivity contribution in [3.8, 4) is 0 Å². The number of fused-ring (bicyclic) bond motifs is 1. The minimum absolute atomic E-state index is 0.539. The lowest BCUT2D eigenvalue weighted by molar-refractivity contribution is -0.146. The second-order valence-electron chi connectivity index (χ2n) is 4.62. The van der Waals surface area contributed by atoms with Crippen LogP contribution in [0.15, 0.2) is 23.1 Å². The van der Waals surface area contributed by atoms with Gasteiger partial charge in [-0.3, -0.25) is 0 Å². The van der Waals surface area contributed by atoms with Gasteiger partial charge in [0.1, 0.15) is 0 Å². The Labute approximate surface area is 114 Å². The van der Waals surface area contributed by atoms with Gasteiger partial charge >= 0.3 is 6.18 Å². The van der Waals surface area contributed by atoms with Gasteiger partial charge in [0.05, 0.1) is 12.5 Å². The van der Waals surface area contributed by atoms with Gasteiger partial charge in [0.25, 0.3) is 0 Å². The molecule has 1 heterocycles. The molecule has 2 nitrogen and oxygen atoms in total. The van der Waals surface area contributed by atoms with Gasteiger partial charge in [-0.1, -0.05) is 12.1 Å². The topological polar surface area (TPSA) is 32.3 Å². The molecular weight excluding hydrogens is 275 g/mol. The van der Waals surface area contributed by atoms with Crippen LogP contribution < -0.4 is 5.32 Å². The minimum atomic E-state index is -4.29. The van der Waals surface area contributed by atoms with Crippen LogP contribution in [0.4, 0.5) is 13.2 Å². The normalized spacial score (nSPS) is 18.2. The highest BCUT2D eigenvalue weighted by molar-refractivity contribution is 7.99. The Hall–Kier alpha value is -0.720. The third-order valence-corrected chi connectivity index (χ3v) is 4.36. The lowest BCUT2D eigenvalue weighted by atomic mass is 9.98. The van der Waals surface area contributed by atoms with Gasteiger partial charge < -0.3 is 10.4 Å². The average Bonchev–Trinajstić information content (AvgIpc) is 2.81. The number of alkyl halides is 3. The number of halogens is 3. The summed E-state index contributed by atoms with van der Waals surface area (Å²) >= 11 is 1.68. The van der Waals surface area contributed by atoms with Crippen molar-refractivity contribution in [3.05, 3.63) is 29.3 Å². The first-order valence-electron chi connectivity index (χ1n) is 6.08. The Bertz CT molecular complexity index is 450. The number of hydrogen-bond acceptors (Lipinski definition) is 3. The average molecular weight is 291 g/mol. The predicted octanol–water partition coefficient (Wildman–Crippen LogP) is 2.91. The molecule has 0 spiro atoms. The van der Waals surface area contributed by atoms with E-state index in [1.807, 2.05) is 6.07 Å². The maximum atomic E-state index is 12.4. The maximum Gasteiger partial charge on any atom is 0.390 e. The van der Waals surface area contributed by atoms with E-state index >= 15 is 0 Å². The number of benzene rings is 1. The Balaban J connectivity index is 2.15. The fourth-order valence-corrected chi connectivity index (χ4v) is 3.34. The van der Waals surface area contributed by atoms with Crippen LogP contribution in [0.2, 0.25) is 0 Å². The van der Waals surface area contributed by atoms with Crippen LogP contribution in [-0.4, -0.2) is 30.1 Å². The quantitative estimate of drug-likeness (QED) is 0.894. The first kappa shape index (κ1) is 14.7. The number of hydrogen-bond donors (Lipinski definition) is 2. The fraction of sp³-hybridized carbons (Fsp3) is 0.538. The van der Waals surface area contributed by atoms with E-state index in [2.05, 4.69) is 5.32 Å². The highest BCUT2D eigenvalue weighted by Crippen LogP contribution is 2.35. The number of nitrogens with one attached hydrogen (secondary N) is 1. The highest BCUT2D eigenvalue weighted by Gasteiger charge is 2.35. The summed E-state index contributed by atoms with van der Waals surface area (Å²) in [4.78, 5) is 1.07. The summed E-state index contributed by atoms with van der Waals surface area (Å²) < 4.78 is 37.3. The van der Waals surface area contributed by atoms with E-state index in [-0.39, 0.29) is 0 Å². The molecule has 19 heavy (non-hydrogen) atoms. The van der Waals surface area contributed by atoms with E-state index in [0.29, 0.717) is 5.56 Å². The SMILES string of the molecule is CNC(CC(F)(F)F)C(O)c1ccc2c(c1)SCC2. The van der Waals surface area contributed by atoms with Crippen LogP contribution in [0.1, 0.15) is 23.7 Å². The van der Waals surface area contributed by atoms with Crippen molar-refractivity contribution in [2.75, 3.05) is 12.8 Å². The third-order valence-electron chi connectivity index (χ3n) is 3.26. The van der Waals surface area contributed by atoms with Crippen molar-refractivity contribution < 1.29 is 18.3 Å². The number of thioether (sulfide) groups is 1. The van der Waals surface area contributed by atoms with Crippen LogP contribution in [0.25, 0.3) is 0 Å². The second kappa shape index (κ2) is 5.73. The van der Waals surface area contributed by atoms with E-state index < -0.39 is 24.7 Å². The van der Waals surface area contributed by atoms with E-state index in [4.69, 9.17) is 0 Å². The van der Waals surface area contributed by atoms with Crippen molar-refractivity contribution in [3.63, 3.8) is 0 Å². The van der Waals surface area contributed by atoms with Gasteiger partial charge in [0, 0.05) is 16.7 Å². The predicted molar refractivity (Wildman–Crippen MR) is 69.3 cm³/mol. The van der Waals surface area contributed by atoms with Crippen molar-refractivity contribution >= 4 is 11.8 Å². The number of rotatable bonds is 4. The zero-order chi connectivity index (χ0) is 14.0. The number of likely N-dealkylation sites (N-methyl/N-ethyl adjacent to an activating group) is 1. The summed E-state index contributed by atoms with van der Waals surface area (Å²) in [6, 6.07) is 4.40. The fourth-order valence-electron chi connectivity index (χ4n) is 2.22. The molecule has 0 saturated carbocycles. The molecule has 0 saturated heterocycles. The molecule has 6 heteroatoms. The number of aryl methyl sites for hydroxylation is 1. The molecule has 2 unspecified atom stereocenters. The van der Waals surface area contributed by atoms with Crippen LogP contribution in [-0.2, 0) is 6.42 Å².